The van der Waals surface area contributed by atoms with Crippen molar-refractivity contribution in [3.05, 3.63) is 29.8 Å². The minimum absolute atomic E-state index is 0.0545. The molecule has 6 nitrogen and oxygen atoms in total. The van der Waals surface area contributed by atoms with E-state index in [0.717, 1.165) is 64.1 Å². The minimum Gasteiger partial charge on any atom is -0.497 e. The molecule has 0 saturated carbocycles. The quantitative estimate of drug-likeness (QED) is 0.345. The topological polar surface area (TPSA) is 64.1 Å². The van der Waals surface area contributed by atoms with Gasteiger partial charge in [-0.25, -0.2) is 0 Å². The number of nitrogens with one attached hydrogen (secondary N) is 2. The first-order chi connectivity index (χ1) is 13.5. The van der Waals surface area contributed by atoms with E-state index in [1.54, 1.807) is 7.11 Å². The van der Waals surface area contributed by atoms with Gasteiger partial charge in [0.05, 0.1) is 26.9 Å². The highest BCUT2D eigenvalue weighted by Gasteiger charge is 2.20. The van der Waals surface area contributed by atoms with Gasteiger partial charge in [-0.05, 0) is 37.5 Å². The molecule has 0 aromatic heterocycles. The number of methoxy groups -OCH3 is 1. The summed E-state index contributed by atoms with van der Waals surface area (Å²) in [6.45, 7) is 12.2. The predicted octanol–water partition coefficient (Wildman–Crippen LogP) is 2.97. The lowest BCUT2D eigenvalue weighted by atomic mass is 9.85. The van der Waals surface area contributed by atoms with Gasteiger partial charge in [-0.3, -0.25) is 4.99 Å². The summed E-state index contributed by atoms with van der Waals surface area (Å²) >= 11 is 0. The van der Waals surface area contributed by atoms with Crippen LogP contribution >= 0.6 is 0 Å². The van der Waals surface area contributed by atoms with Gasteiger partial charge in [0.15, 0.2) is 5.96 Å². The number of hydrogen-bond acceptors (Lipinski definition) is 4. The molecule has 0 aliphatic carbocycles. The summed E-state index contributed by atoms with van der Waals surface area (Å²) < 4.78 is 16.4. The maximum Gasteiger partial charge on any atom is 0.191 e. The fourth-order valence-electron chi connectivity index (χ4n) is 3.10. The van der Waals surface area contributed by atoms with Crippen LogP contribution < -0.4 is 15.4 Å². The SMILES string of the molecule is CCNC(=NCC(C)(C)c1ccc(OC)cc1)NCCCOCC1CCOC1. The van der Waals surface area contributed by atoms with Crippen LogP contribution in [0, 0.1) is 5.92 Å². The first-order valence-electron chi connectivity index (χ1n) is 10.4. The van der Waals surface area contributed by atoms with Gasteiger partial charge in [-0.1, -0.05) is 26.0 Å². The van der Waals surface area contributed by atoms with Crippen molar-refractivity contribution in [3.63, 3.8) is 0 Å². The molecule has 0 bridgehead atoms. The molecule has 1 fully saturated rings. The molecule has 1 aromatic carbocycles. The third kappa shape index (κ3) is 7.68. The van der Waals surface area contributed by atoms with Crippen molar-refractivity contribution >= 4 is 5.96 Å². The zero-order valence-corrected chi connectivity index (χ0v) is 17.9. The van der Waals surface area contributed by atoms with Crippen molar-refractivity contribution in [1.82, 2.24) is 10.6 Å². The van der Waals surface area contributed by atoms with Crippen LogP contribution in [0.3, 0.4) is 0 Å². The zero-order chi connectivity index (χ0) is 20.2. The van der Waals surface area contributed by atoms with Gasteiger partial charge in [0.2, 0.25) is 0 Å². The summed E-state index contributed by atoms with van der Waals surface area (Å²) in [6.07, 6.45) is 2.08. The number of guanidine groups is 1. The van der Waals surface area contributed by atoms with E-state index in [0.29, 0.717) is 12.5 Å². The van der Waals surface area contributed by atoms with Crippen molar-refractivity contribution in [1.29, 1.82) is 0 Å². The molecule has 1 atom stereocenters. The Morgan fingerprint density at radius 1 is 1.25 bits per heavy atom. The second kappa shape index (κ2) is 11.9. The number of aliphatic imine (C=N–C) groups is 1. The number of nitrogens with zero attached hydrogens (tertiary/aromatic N) is 1. The van der Waals surface area contributed by atoms with Crippen LogP contribution in [0.1, 0.15) is 39.2 Å². The van der Waals surface area contributed by atoms with Gasteiger partial charge in [-0.2, -0.15) is 0 Å². The second-order valence-electron chi connectivity index (χ2n) is 7.89. The van der Waals surface area contributed by atoms with Crippen LogP contribution in [0.25, 0.3) is 0 Å². The average molecular weight is 392 g/mol. The summed E-state index contributed by atoms with van der Waals surface area (Å²) in [5.41, 5.74) is 1.19. The minimum atomic E-state index is -0.0545. The Balaban J connectivity index is 1.74. The van der Waals surface area contributed by atoms with Crippen LogP contribution in [0.4, 0.5) is 0 Å². The molecule has 1 aliphatic heterocycles. The van der Waals surface area contributed by atoms with E-state index >= 15 is 0 Å². The highest BCUT2D eigenvalue weighted by atomic mass is 16.5. The molecule has 0 spiro atoms. The van der Waals surface area contributed by atoms with E-state index < -0.39 is 0 Å². The van der Waals surface area contributed by atoms with E-state index in [9.17, 15) is 0 Å². The van der Waals surface area contributed by atoms with Gasteiger partial charge < -0.3 is 24.8 Å². The molecular weight excluding hydrogens is 354 g/mol. The molecule has 1 aliphatic rings. The Labute approximate surface area is 170 Å². The van der Waals surface area contributed by atoms with Gasteiger partial charge >= 0.3 is 0 Å². The van der Waals surface area contributed by atoms with Gasteiger partial charge in [0.1, 0.15) is 5.75 Å². The van der Waals surface area contributed by atoms with E-state index in [2.05, 4.69) is 43.5 Å². The Kier molecular flexibility index (Phi) is 9.58. The van der Waals surface area contributed by atoms with Gasteiger partial charge in [0.25, 0.3) is 0 Å². The molecule has 0 amide bonds. The Morgan fingerprint density at radius 3 is 2.68 bits per heavy atom. The molecule has 6 heteroatoms. The third-order valence-electron chi connectivity index (χ3n) is 4.98. The highest BCUT2D eigenvalue weighted by molar-refractivity contribution is 5.79. The van der Waals surface area contributed by atoms with Crippen LogP contribution in [0.15, 0.2) is 29.3 Å². The summed E-state index contributed by atoms with van der Waals surface area (Å²) in [4.78, 5) is 4.79. The van der Waals surface area contributed by atoms with Crippen molar-refractivity contribution in [2.24, 2.45) is 10.9 Å². The van der Waals surface area contributed by atoms with E-state index in [1.165, 1.54) is 5.56 Å². The van der Waals surface area contributed by atoms with Crippen molar-refractivity contribution < 1.29 is 14.2 Å². The predicted molar refractivity (Wildman–Crippen MR) is 114 cm³/mol. The summed E-state index contributed by atoms with van der Waals surface area (Å²) in [7, 11) is 1.69. The standard InChI is InChI=1S/C22H37N3O3/c1-5-23-21(24-12-6-13-27-15-18-11-14-28-16-18)25-17-22(2,3)19-7-9-20(26-4)10-8-19/h7-10,18H,5-6,11-17H2,1-4H3,(H2,23,24,25). The maximum absolute atomic E-state index is 5.76. The monoisotopic (exact) mass is 391 g/mol. The average Bonchev–Trinajstić information content (AvgIpc) is 3.22. The zero-order valence-electron chi connectivity index (χ0n) is 17.9. The third-order valence-corrected chi connectivity index (χ3v) is 4.98. The second-order valence-corrected chi connectivity index (χ2v) is 7.89. The highest BCUT2D eigenvalue weighted by Crippen LogP contribution is 2.25. The van der Waals surface area contributed by atoms with E-state index in [4.69, 9.17) is 19.2 Å². The van der Waals surface area contributed by atoms with E-state index in [1.807, 2.05) is 12.1 Å². The first kappa shape index (κ1) is 22.5. The maximum atomic E-state index is 5.76. The summed E-state index contributed by atoms with van der Waals surface area (Å²) in [5.74, 6) is 2.31. The fourth-order valence-corrected chi connectivity index (χ4v) is 3.10. The molecule has 2 rings (SSSR count). The molecule has 0 radical (unpaired) electrons. The largest absolute Gasteiger partial charge is 0.497 e. The van der Waals surface area contributed by atoms with Crippen LogP contribution in [0.2, 0.25) is 0 Å². The molecule has 1 saturated heterocycles. The van der Waals surface area contributed by atoms with Crippen molar-refractivity contribution in [2.75, 3.05) is 53.2 Å². The fraction of sp³-hybridized carbons (Fsp3) is 0.682. The number of ether oxygens (including phenoxy) is 3. The molecule has 28 heavy (non-hydrogen) atoms. The smallest absolute Gasteiger partial charge is 0.191 e. The van der Waals surface area contributed by atoms with Crippen LogP contribution in [-0.2, 0) is 14.9 Å². The summed E-state index contributed by atoms with van der Waals surface area (Å²) in [5, 5.41) is 6.73. The van der Waals surface area contributed by atoms with Crippen molar-refractivity contribution in [3.8, 4) is 5.75 Å². The van der Waals surface area contributed by atoms with Crippen LogP contribution in [-0.4, -0.2) is 59.1 Å². The number of hydrogen-bond donors (Lipinski definition) is 2. The number of rotatable bonds is 11. The molecular formula is C22H37N3O3. The van der Waals surface area contributed by atoms with Crippen molar-refractivity contribution in [2.45, 2.75) is 39.0 Å². The lowest BCUT2D eigenvalue weighted by Gasteiger charge is -2.24. The number of benzene rings is 1. The van der Waals surface area contributed by atoms with Crippen LogP contribution in [0.5, 0.6) is 5.75 Å². The molecule has 158 valence electrons. The Bertz CT molecular complexity index is 581. The molecule has 1 unspecified atom stereocenters. The Morgan fingerprint density at radius 2 is 2.04 bits per heavy atom. The molecule has 1 aromatic rings. The van der Waals surface area contributed by atoms with E-state index in [-0.39, 0.29) is 5.41 Å². The van der Waals surface area contributed by atoms with Gasteiger partial charge in [0, 0.05) is 37.6 Å². The Hall–Kier alpha value is -1.79. The molecule has 1 heterocycles. The normalized spacial score (nSPS) is 17.6. The summed E-state index contributed by atoms with van der Waals surface area (Å²) in [6, 6.07) is 8.23. The lowest BCUT2D eigenvalue weighted by molar-refractivity contribution is 0.0888. The first-order valence-corrected chi connectivity index (χ1v) is 10.4. The molecule has 2 N–H and O–H groups in total. The lowest BCUT2D eigenvalue weighted by Crippen LogP contribution is -2.39. The van der Waals surface area contributed by atoms with Gasteiger partial charge in [-0.15, -0.1) is 0 Å².